The Balaban J connectivity index is 1.99. The molecule has 118 valence electrons. The van der Waals surface area contributed by atoms with Gasteiger partial charge in [0, 0.05) is 31.5 Å². The molecule has 0 aromatic carbocycles. The van der Waals surface area contributed by atoms with E-state index in [0.29, 0.717) is 42.8 Å². The van der Waals surface area contributed by atoms with Crippen molar-refractivity contribution in [3.8, 4) is 0 Å². The third-order valence-corrected chi connectivity index (χ3v) is 4.60. The zero-order valence-electron chi connectivity index (χ0n) is 13.1. The molecule has 1 fully saturated rings. The van der Waals surface area contributed by atoms with Gasteiger partial charge in [-0.2, -0.15) is 0 Å². The number of hydrogen-bond acceptors (Lipinski definition) is 4. The van der Waals surface area contributed by atoms with Crippen LogP contribution in [0.4, 0.5) is 0 Å². The van der Waals surface area contributed by atoms with Crippen LogP contribution in [0.5, 0.6) is 0 Å². The van der Waals surface area contributed by atoms with Gasteiger partial charge in [-0.05, 0) is 27.2 Å². The molecule has 0 atom stereocenters. The monoisotopic (exact) mass is 304 g/mol. The van der Waals surface area contributed by atoms with Crippen molar-refractivity contribution in [3.05, 3.63) is 22.6 Å². The fourth-order valence-electron chi connectivity index (χ4n) is 3.23. The maximum absolute atomic E-state index is 12.8. The van der Waals surface area contributed by atoms with Gasteiger partial charge in [0.05, 0.1) is 5.56 Å². The van der Waals surface area contributed by atoms with Crippen molar-refractivity contribution in [1.29, 1.82) is 0 Å². The second-order valence-electron chi connectivity index (χ2n) is 6.40. The summed E-state index contributed by atoms with van der Waals surface area (Å²) in [6.45, 7) is 6.02. The number of nitrogens with zero attached hydrogens (tertiary/aromatic N) is 1. The fraction of sp³-hybridized carbons (Fsp3) is 0.562. The lowest BCUT2D eigenvalue weighted by Gasteiger charge is -2.40. The number of carbonyl (C=O) groups is 3. The minimum atomic E-state index is -0.931. The Kier molecular flexibility index (Phi) is 3.34. The summed E-state index contributed by atoms with van der Waals surface area (Å²) in [4.78, 5) is 38.4. The van der Waals surface area contributed by atoms with E-state index in [2.05, 4.69) is 5.32 Å². The van der Waals surface area contributed by atoms with E-state index in [1.165, 1.54) is 4.90 Å². The van der Waals surface area contributed by atoms with E-state index in [-0.39, 0.29) is 23.4 Å². The largest absolute Gasteiger partial charge is 0.455 e. The second kappa shape index (κ2) is 4.97. The minimum Gasteiger partial charge on any atom is -0.455 e. The van der Waals surface area contributed by atoms with Crippen LogP contribution in [0.1, 0.15) is 58.9 Å². The lowest BCUT2D eigenvalue weighted by atomic mass is 9.93. The average Bonchev–Trinajstić information content (AvgIpc) is 2.80. The lowest BCUT2D eigenvalue weighted by molar-refractivity contribution is -0.133. The van der Waals surface area contributed by atoms with Crippen LogP contribution in [0.2, 0.25) is 0 Å². The predicted octanol–water partition coefficient (Wildman–Crippen LogP) is 1.46. The number of rotatable bonds is 1. The highest BCUT2D eigenvalue weighted by atomic mass is 16.4. The lowest BCUT2D eigenvalue weighted by Crippen LogP contribution is -2.63. The van der Waals surface area contributed by atoms with Crippen molar-refractivity contribution in [2.75, 3.05) is 13.1 Å². The van der Waals surface area contributed by atoms with E-state index in [1.54, 1.807) is 20.8 Å². The molecule has 0 radical (unpaired) electrons. The summed E-state index contributed by atoms with van der Waals surface area (Å²) in [5.74, 6) is 0.341. The normalized spacial score (nSPS) is 20.6. The fourth-order valence-corrected chi connectivity index (χ4v) is 3.23. The number of amides is 2. The Labute approximate surface area is 128 Å². The van der Waals surface area contributed by atoms with E-state index < -0.39 is 5.54 Å². The Hall–Kier alpha value is -2.11. The Morgan fingerprint density at radius 2 is 2.00 bits per heavy atom. The number of piperazine rings is 1. The standard InChI is InChI=1S/C16H20N2O4/c1-9-12-10(19)5-4-6-11(12)22-13(9)14(20)18-8-7-17-15(21)16(18,2)3/h4-8H2,1-3H3,(H,17,21). The topological polar surface area (TPSA) is 79.6 Å². The van der Waals surface area contributed by atoms with E-state index >= 15 is 0 Å². The van der Waals surface area contributed by atoms with Gasteiger partial charge < -0.3 is 14.6 Å². The maximum atomic E-state index is 12.8. The second-order valence-corrected chi connectivity index (χ2v) is 6.40. The first-order valence-electron chi connectivity index (χ1n) is 7.59. The van der Waals surface area contributed by atoms with E-state index in [1.807, 2.05) is 0 Å². The van der Waals surface area contributed by atoms with Gasteiger partial charge in [0.2, 0.25) is 5.91 Å². The number of nitrogens with one attached hydrogen (secondary N) is 1. The van der Waals surface area contributed by atoms with Gasteiger partial charge in [0.1, 0.15) is 11.3 Å². The number of hydrogen-bond donors (Lipinski definition) is 1. The third kappa shape index (κ3) is 2.05. The molecule has 0 spiro atoms. The number of furan rings is 1. The SMILES string of the molecule is Cc1c(C(=O)N2CCNC(=O)C2(C)C)oc2c1C(=O)CCC2. The average molecular weight is 304 g/mol. The van der Waals surface area contributed by atoms with E-state index in [0.717, 1.165) is 6.42 Å². The molecule has 1 aliphatic carbocycles. The van der Waals surface area contributed by atoms with Crippen molar-refractivity contribution < 1.29 is 18.8 Å². The van der Waals surface area contributed by atoms with Gasteiger partial charge in [0.15, 0.2) is 11.5 Å². The van der Waals surface area contributed by atoms with Crippen LogP contribution in [0.25, 0.3) is 0 Å². The number of carbonyl (C=O) groups excluding carboxylic acids is 3. The third-order valence-electron chi connectivity index (χ3n) is 4.60. The molecule has 0 saturated carbocycles. The van der Waals surface area contributed by atoms with Crippen LogP contribution >= 0.6 is 0 Å². The van der Waals surface area contributed by atoms with Crippen LogP contribution in [0.3, 0.4) is 0 Å². The first kappa shape index (κ1) is 14.8. The highest BCUT2D eigenvalue weighted by molar-refractivity contribution is 6.04. The molecular weight excluding hydrogens is 284 g/mol. The predicted molar refractivity (Wildman–Crippen MR) is 78.8 cm³/mol. The molecule has 1 aliphatic heterocycles. The van der Waals surface area contributed by atoms with E-state index in [9.17, 15) is 14.4 Å². The molecular formula is C16H20N2O4. The molecule has 3 rings (SSSR count). The Morgan fingerprint density at radius 1 is 1.27 bits per heavy atom. The van der Waals surface area contributed by atoms with Crippen LogP contribution in [0, 0.1) is 6.92 Å². The smallest absolute Gasteiger partial charge is 0.290 e. The molecule has 1 N–H and O–H groups in total. The summed E-state index contributed by atoms with van der Waals surface area (Å²) in [5.41, 5.74) is 0.236. The van der Waals surface area contributed by atoms with Gasteiger partial charge in [-0.3, -0.25) is 14.4 Å². The zero-order valence-corrected chi connectivity index (χ0v) is 13.1. The molecule has 0 bridgehead atoms. The summed E-state index contributed by atoms with van der Waals surface area (Å²) < 4.78 is 5.71. The van der Waals surface area contributed by atoms with E-state index in [4.69, 9.17) is 4.42 Å². The summed E-state index contributed by atoms with van der Waals surface area (Å²) >= 11 is 0. The van der Waals surface area contributed by atoms with Gasteiger partial charge in [-0.25, -0.2) is 0 Å². The van der Waals surface area contributed by atoms with Crippen LogP contribution in [0.15, 0.2) is 4.42 Å². The molecule has 1 aromatic rings. The van der Waals surface area contributed by atoms with Crippen molar-refractivity contribution in [2.24, 2.45) is 0 Å². The molecule has 2 heterocycles. The number of Topliss-reactive ketones (excluding diaryl/α,β-unsaturated/α-hetero) is 1. The molecule has 22 heavy (non-hydrogen) atoms. The summed E-state index contributed by atoms with van der Waals surface area (Å²) in [7, 11) is 0. The molecule has 0 unspecified atom stereocenters. The molecule has 1 saturated heterocycles. The molecule has 2 amide bonds. The molecule has 6 heteroatoms. The van der Waals surface area contributed by atoms with Crippen molar-refractivity contribution in [1.82, 2.24) is 10.2 Å². The molecule has 2 aliphatic rings. The first-order chi connectivity index (χ1) is 10.3. The quantitative estimate of drug-likeness (QED) is 0.852. The number of fused-ring (bicyclic) bond motifs is 1. The van der Waals surface area contributed by atoms with Gasteiger partial charge >= 0.3 is 0 Å². The molecule has 6 nitrogen and oxygen atoms in total. The van der Waals surface area contributed by atoms with Gasteiger partial charge in [0.25, 0.3) is 5.91 Å². The zero-order chi connectivity index (χ0) is 16.1. The van der Waals surface area contributed by atoms with Gasteiger partial charge in [-0.15, -0.1) is 0 Å². The van der Waals surface area contributed by atoms with Crippen LogP contribution in [-0.4, -0.2) is 41.1 Å². The van der Waals surface area contributed by atoms with Crippen LogP contribution in [-0.2, 0) is 11.2 Å². The summed E-state index contributed by atoms with van der Waals surface area (Å²) in [6.07, 6.45) is 1.93. The first-order valence-corrected chi connectivity index (χ1v) is 7.59. The van der Waals surface area contributed by atoms with Crippen molar-refractivity contribution >= 4 is 17.6 Å². The number of aryl methyl sites for hydroxylation is 1. The number of ketones is 1. The Morgan fingerprint density at radius 3 is 2.68 bits per heavy atom. The maximum Gasteiger partial charge on any atom is 0.290 e. The summed E-state index contributed by atoms with van der Waals surface area (Å²) in [6, 6.07) is 0. The van der Waals surface area contributed by atoms with Crippen molar-refractivity contribution in [2.45, 2.75) is 45.6 Å². The van der Waals surface area contributed by atoms with Crippen LogP contribution < -0.4 is 5.32 Å². The molecule has 1 aromatic heterocycles. The summed E-state index contributed by atoms with van der Waals surface area (Å²) in [5, 5.41) is 2.76. The van der Waals surface area contributed by atoms with Crippen molar-refractivity contribution in [3.63, 3.8) is 0 Å². The van der Waals surface area contributed by atoms with Gasteiger partial charge in [-0.1, -0.05) is 0 Å². The minimum absolute atomic E-state index is 0.0391. The highest BCUT2D eigenvalue weighted by Crippen LogP contribution is 2.31. The highest BCUT2D eigenvalue weighted by Gasteiger charge is 2.42. The Bertz CT molecular complexity index is 672.